The summed E-state index contributed by atoms with van der Waals surface area (Å²) in [6, 6.07) is 14.2. The molecule has 0 aliphatic carbocycles. The lowest BCUT2D eigenvalue weighted by Gasteiger charge is -2.11. The highest BCUT2D eigenvalue weighted by atomic mass is 16.5. The van der Waals surface area contributed by atoms with Gasteiger partial charge in [-0.2, -0.15) is 0 Å². The molecule has 0 saturated heterocycles. The molecular formula is C16H18O2. The number of aliphatic hydroxyl groups is 1. The minimum absolute atomic E-state index is 0.0645. The van der Waals surface area contributed by atoms with Crippen LogP contribution in [0.1, 0.15) is 16.7 Å². The minimum atomic E-state index is 0.0645. The Labute approximate surface area is 108 Å². The van der Waals surface area contributed by atoms with Crippen LogP contribution in [-0.2, 0) is 18.0 Å². The number of aliphatic hydroxyl groups excluding tert-OH is 1. The molecule has 0 aliphatic heterocycles. The number of benzene rings is 2. The third-order valence-corrected chi connectivity index (χ3v) is 3.14. The van der Waals surface area contributed by atoms with Gasteiger partial charge in [-0.25, -0.2) is 0 Å². The van der Waals surface area contributed by atoms with E-state index in [1.165, 1.54) is 11.1 Å². The van der Waals surface area contributed by atoms with Gasteiger partial charge in [0.1, 0.15) is 0 Å². The Hall–Kier alpha value is -1.64. The summed E-state index contributed by atoms with van der Waals surface area (Å²) in [5.41, 5.74) is 5.59. The number of hydrogen-bond donors (Lipinski definition) is 1. The van der Waals surface area contributed by atoms with Gasteiger partial charge in [-0.15, -0.1) is 0 Å². The molecule has 2 aromatic carbocycles. The van der Waals surface area contributed by atoms with Crippen LogP contribution in [0, 0.1) is 6.92 Å². The molecule has 18 heavy (non-hydrogen) atoms. The van der Waals surface area contributed by atoms with Crippen molar-refractivity contribution in [2.75, 3.05) is 7.11 Å². The van der Waals surface area contributed by atoms with Crippen molar-refractivity contribution in [2.45, 2.75) is 20.1 Å². The number of hydrogen-bond acceptors (Lipinski definition) is 2. The van der Waals surface area contributed by atoms with Gasteiger partial charge in [-0.3, -0.25) is 0 Å². The molecule has 94 valence electrons. The number of aryl methyl sites for hydroxylation is 1. The second-order valence-corrected chi connectivity index (χ2v) is 4.39. The average molecular weight is 242 g/mol. The maximum absolute atomic E-state index is 9.37. The quantitative estimate of drug-likeness (QED) is 0.891. The van der Waals surface area contributed by atoms with Crippen LogP contribution in [0.15, 0.2) is 42.5 Å². The Kier molecular flexibility index (Phi) is 4.13. The van der Waals surface area contributed by atoms with Gasteiger partial charge in [0.05, 0.1) is 13.2 Å². The van der Waals surface area contributed by atoms with Crippen molar-refractivity contribution in [3.8, 4) is 11.1 Å². The van der Waals surface area contributed by atoms with E-state index in [0.29, 0.717) is 6.61 Å². The lowest BCUT2D eigenvalue weighted by molar-refractivity contribution is 0.184. The molecule has 0 fully saturated rings. The first-order valence-electron chi connectivity index (χ1n) is 6.04. The fourth-order valence-electron chi connectivity index (χ4n) is 2.12. The fraction of sp³-hybridized carbons (Fsp3) is 0.250. The number of rotatable bonds is 4. The van der Waals surface area contributed by atoms with Crippen LogP contribution in [-0.4, -0.2) is 12.2 Å². The molecule has 0 atom stereocenters. The topological polar surface area (TPSA) is 29.5 Å². The predicted molar refractivity (Wildman–Crippen MR) is 73.3 cm³/mol. The Bertz CT molecular complexity index is 532. The van der Waals surface area contributed by atoms with E-state index in [4.69, 9.17) is 4.74 Å². The summed E-state index contributed by atoms with van der Waals surface area (Å²) < 4.78 is 5.16. The summed E-state index contributed by atoms with van der Waals surface area (Å²) in [5, 5.41) is 9.37. The van der Waals surface area contributed by atoms with E-state index in [1.807, 2.05) is 24.3 Å². The lowest BCUT2D eigenvalue weighted by atomic mass is 9.96. The zero-order valence-corrected chi connectivity index (χ0v) is 10.8. The molecule has 0 aromatic heterocycles. The molecule has 0 spiro atoms. The molecule has 0 bridgehead atoms. The Morgan fingerprint density at radius 3 is 2.50 bits per heavy atom. The van der Waals surface area contributed by atoms with Gasteiger partial charge in [-0.1, -0.05) is 42.5 Å². The third-order valence-electron chi connectivity index (χ3n) is 3.14. The second-order valence-electron chi connectivity index (χ2n) is 4.39. The molecule has 2 nitrogen and oxygen atoms in total. The summed E-state index contributed by atoms with van der Waals surface area (Å²) >= 11 is 0. The summed E-state index contributed by atoms with van der Waals surface area (Å²) in [7, 11) is 1.70. The van der Waals surface area contributed by atoms with Gasteiger partial charge in [0, 0.05) is 7.11 Å². The van der Waals surface area contributed by atoms with Crippen molar-refractivity contribution in [3.05, 3.63) is 59.2 Å². The summed E-state index contributed by atoms with van der Waals surface area (Å²) in [5.74, 6) is 0. The summed E-state index contributed by atoms with van der Waals surface area (Å²) in [6.45, 7) is 2.78. The molecule has 0 aliphatic rings. The van der Waals surface area contributed by atoms with Crippen LogP contribution in [0.25, 0.3) is 11.1 Å². The molecule has 1 N–H and O–H groups in total. The van der Waals surface area contributed by atoms with E-state index in [1.54, 1.807) is 7.11 Å². The maximum atomic E-state index is 9.37. The minimum Gasteiger partial charge on any atom is -0.392 e. The molecule has 2 aromatic rings. The maximum Gasteiger partial charge on any atom is 0.0715 e. The van der Waals surface area contributed by atoms with Crippen molar-refractivity contribution < 1.29 is 9.84 Å². The SMILES string of the molecule is COCc1ccc(-c2ccccc2CO)cc1C. The lowest BCUT2D eigenvalue weighted by Crippen LogP contribution is -1.94. The predicted octanol–water partition coefficient (Wildman–Crippen LogP) is 3.30. The number of ether oxygens (including phenoxy) is 1. The van der Waals surface area contributed by atoms with Crippen LogP contribution >= 0.6 is 0 Å². The Morgan fingerprint density at radius 1 is 1.06 bits per heavy atom. The van der Waals surface area contributed by atoms with Crippen LogP contribution < -0.4 is 0 Å². The van der Waals surface area contributed by atoms with Gasteiger partial charge < -0.3 is 9.84 Å². The first-order chi connectivity index (χ1) is 8.76. The highest BCUT2D eigenvalue weighted by Gasteiger charge is 2.05. The molecule has 0 unspecified atom stereocenters. The van der Waals surface area contributed by atoms with Crippen molar-refractivity contribution in [1.29, 1.82) is 0 Å². The monoisotopic (exact) mass is 242 g/mol. The van der Waals surface area contributed by atoms with Gasteiger partial charge in [-0.05, 0) is 34.7 Å². The van der Waals surface area contributed by atoms with Crippen molar-refractivity contribution in [1.82, 2.24) is 0 Å². The first-order valence-corrected chi connectivity index (χ1v) is 6.04. The van der Waals surface area contributed by atoms with E-state index < -0.39 is 0 Å². The van der Waals surface area contributed by atoms with E-state index in [9.17, 15) is 5.11 Å². The van der Waals surface area contributed by atoms with Gasteiger partial charge in [0.2, 0.25) is 0 Å². The van der Waals surface area contributed by atoms with Gasteiger partial charge in [0.15, 0.2) is 0 Å². The summed E-state index contributed by atoms with van der Waals surface area (Å²) in [6.07, 6.45) is 0. The van der Waals surface area contributed by atoms with Crippen LogP contribution in [0.4, 0.5) is 0 Å². The van der Waals surface area contributed by atoms with Crippen LogP contribution in [0.5, 0.6) is 0 Å². The van der Waals surface area contributed by atoms with Crippen molar-refractivity contribution >= 4 is 0 Å². The fourth-order valence-corrected chi connectivity index (χ4v) is 2.12. The highest BCUT2D eigenvalue weighted by Crippen LogP contribution is 2.26. The van der Waals surface area contributed by atoms with E-state index in [-0.39, 0.29) is 6.61 Å². The normalized spacial score (nSPS) is 10.6. The molecule has 0 heterocycles. The smallest absolute Gasteiger partial charge is 0.0715 e. The van der Waals surface area contributed by atoms with Crippen molar-refractivity contribution in [3.63, 3.8) is 0 Å². The average Bonchev–Trinajstić information content (AvgIpc) is 2.41. The van der Waals surface area contributed by atoms with Gasteiger partial charge in [0.25, 0.3) is 0 Å². The summed E-state index contributed by atoms with van der Waals surface area (Å²) in [4.78, 5) is 0. The zero-order valence-electron chi connectivity index (χ0n) is 10.8. The molecule has 0 radical (unpaired) electrons. The van der Waals surface area contributed by atoms with Gasteiger partial charge >= 0.3 is 0 Å². The zero-order chi connectivity index (χ0) is 13.0. The molecule has 0 amide bonds. The largest absolute Gasteiger partial charge is 0.392 e. The first kappa shape index (κ1) is 12.8. The van der Waals surface area contributed by atoms with E-state index in [2.05, 4.69) is 25.1 Å². The molecule has 2 rings (SSSR count). The van der Waals surface area contributed by atoms with Crippen LogP contribution in [0.3, 0.4) is 0 Å². The standard InChI is InChI=1S/C16H18O2/c1-12-9-13(7-8-15(12)11-18-2)16-6-4-3-5-14(16)10-17/h3-9,17H,10-11H2,1-2H3. The Balaban J connectivity index is 2.42. The molecule has 2 heteroatoms. The van der Waals surface area contributed by atoms with E-state index >= 15 is 0 Å². The molecule has 0 saturated carbocycles. The Morgan fingerprint density at radius 2 is 1.83 bits per heavy atom. The molecular weight excluding hydrogens is 224 g/mol. The highest BCUT2D eigenvalue weighted by molar-refractivity contribution is 5.68. The third kappa shape index (κ3) is 2.61. The second kappa shape index (κ2) is 5.80. The van der Waals surface area contributed by atoms with Crippen molar-refractivity contribution in [2.24, 2.45) is 0 Å². The number of methoxy groups -OCH3 is 1. The van der Waals surface area contributed by atoms with Crippen LogP contribution in [0.2, 0.25) is 0 Å². The van der Waals surface area contributed by atoms with E-state index in [0.717, 1.165) is 16.7 Å².